The van der Waals surface area contributed by atoms with E-state index in [9.17, 15) is 0 Å². The van der Waals surface area contributed by atoms with Crippen LogP contribution < -0.4 is 5.32 Å². The van der Waals surface area contributed by atoms with E-state index in [-0.39, 0.29) is 0 Å². The van der Waals surface area contributed by atoms with Gasteiger partial charge in [0.1, 0.15) is 0 Å². The lowest BCUT2D eigenvalue weighted by atomic mass is 10.1. The van der Waals surface area contributed by atoms with Crippen molar-refractivity contribution in [3.8, 4) is 0 Å². The van der Waals surface area contributed by atoms with Crippen molar-refractivity contribution < 1.29 is 4.74 Å². The van der Waals surface area contributed by atoms with Crippen LogP contribution in [-0.2, 0) is 11.2 Å². The van der Waals surface area contributed by atoms with E-state index < -0.39 is 0 Å². The SMILES string of the molecule is CCNC(COC)Cc1nccc2sccc12. The second kappa shape index (κ2) is 6.10. The molecule has 0 fully saturated rings. The van der Waals surface area contributed by atoms with E-state index in [4.69, 9.17) is 4.74 Å². The highest BCUT2D eigenvalue weighted by Crippen LogP contribution is 2.23. The normalized spacial score (nSPS) is 13.1. The first-order valence-corrected chi connectivity index (χ1v) is 6.76. The van der Waals surface area contributed by atoms with Crippen LogP contribution in [0.15, 0.2) is 23.7 Å². The van der Waals surface area contributed by atoms with Crippen molar-refractivity contribution in [3.63, 3.8) is 0 Å². The molecule has 4 heteroatoms. The zero-order valence-corrected chi connectivity index (χ0v) is 11.1. The molecule has 2 heterocycles. The fourth-order valence-corrected chi connectivity index (χ4v) is 2.83. The Morgan fingerprint density at radius 2 is 2.35 bits per heavy atom. The quantitative estimate of drug-likeness (QED) is 0.855. The summed E-state index contributed by atoms with van der Waals surface area (Å²) in [5.74, 6) is 0. The number of likely N-dealkylation sites (N-methyl/N-ethyl adjacent to an activating group) is 1. The van der Waals surface area contributed by atoms with Gasteiger partial charge in [-0.25, -0.2) is 0 Å². The second-order valence-electron chi connectivity index (χ2n) is 4.00. The smallest absolute Gasteiger partial charge is 0.0619 e. The Hall–Kier alpha value is -0.970. The third-order valence-corrected chi connectivity index (χ3v) is 3.64. The molecule has 0 bridgehead atoms. The highest BCUT2D eigenvalue weighted by atomic mass is 32.1. The monoisotopic (exact) mass is 250 g/mol. The number of nitrogens with zero attached hydrogens (tertiary/aromatic N) is 1. The molecule has 0 saturated carbocycles. The largest absolute Gasteiger partial charge is 0.383 e. The number of hydrogen-bond donors (Lipinski definition) is 1. The van der Waals surface area contributed by atoms with Crippen molar-refractivity contribution in [1.29, 1.82) is 0 Å². The van der Waals surface area contributed by atoms with Gasteiger partial charge < -0.3 is 10.1 Å². The van der Waals surface area contributed by atoms with Crippen LogP contribution in [0.4, 0.5) is 0 Å². The Balaban J connectivity index is 2.18. The van der Waals surface area contributed by atoms with Gasteiger partial charge in [0, 0.05) is 35.9 Å². The van der Waals surface area contributed by atoms with E-state index in [1.54, 1.807) is 18.4 Å². The number of pyridine rings is 1. The molecule has 1 unspecified atom stereocenters. The number of methoxy groups -OCH3 is 1. The molecule has 3 nitrogen and oxygen atoms in total. The van der Waals surface area contributed by atoms with Gasteiger partial charge in [-0.15, -0.1) is 11.3 Å². The Labute approximate surface area is 106 Å². The lowest BCUT2D eigenvalue weighted by molar-refractivity contribution is 0.166. The molecular weight excluding hydrogens is 232 g/mol. The maximum Gasteiger partial charge on any atom is 0.0619 e. The predicted octanol–water partition coefficient (Wildman–Crippen LogP) is 2.46. The van der Waals surface area contributed by atoms with Crippen molar-refractivity contribution in [1.82, 2.24) is 10.3 Å². The van der Waals surface area contributed by atoms with Crippen LogP contribution in [0.25, 0.3) is 10.1 Å². The summed E-state index contributed by atoms with van der Waals surface area (Å²) in [6, 6.07) is 4.56. The van der Waals surface area contributed by atoms with E-state index in [0.29, 0.717) is 6.04 Å². The average Bonchev–Trinajstić information content (AvgIpc) is 2.79. The zero-order valence-electron chi connectivity index (χ0n) is 10.3. The molecule has 2 rings (SSSR count). The van der Waals surface area contributed by atoms with Crippen molar-refractivity contribution in [3.05, 3.63) is 29.4 Å². The molecule has 1 atom stereocenters. The summed E-state index contributed by atoms with van der Waals surface area (Å²) in [5.41, 5.74) is 1.16. The molecule has 0 aliphatic carbocycles. The van der Waals surface area contributed by atoms with Crippen LogP contribution in [0.5, 0.6) is 0 Å². The molecule has 17 heavy (non-hydrogen) atoms. The second-order valence-corrected chi connectivity index (χ2v) is 4.95. The lowest BCUT2D eigenvalue weighted by Crippen LogP contribution is -2.35. The van der Waals surface area contributed by atoms with E-state index in [1.165, 1.54) is 10.1 Å². The van der Waals surface area contributed by atoms with E-state index in [1.807, 2.05) is 6.20 Å². The Morgan fingerprint density at radius 3 is 3.12 bits per heavy atom. The molecule has 0 aliphatic rings. The third-order valence-electron chi connectivity index (χ3n) is 2.76. The summed E-state index contributed by atoms with van der Waals surface area (Å²) in [4.78, 5) is 4.49. The number of aromatic nitrogens is 1. The number of hydrogen-bond acceptors (Lipinski definition) is 4. The molecule has 2 aromatic rings. The maximum atomic E-state index is 5.23. The number of fused-ring (bicyclic) bond motifs is 1. The first-order chi connectivity index (χ1) is 8.35. The fourth-order valence-electron chi connectivity index (χ4n) is 2.03. The highest BCUT2D eigenvalue weighted by molar-refractivity contribution is 7.17. The van der Waals surface area contributed by atoms with Gasteiger partial charge in [-0.1, -0.05) is 6.92 Å². The summed E-state index contributed by atoms with van der Waals surface area (Å²) in [5, 5.41) is 6.82. The predicted molar refractivity (Wildman–Crippen MR) is 72.7 cm³/mol. The first-order valence-electron chi connectivity index (χ1n) is 5.88. The van der Waals surface area contributed by atoms with Crippen LogP contribution in [0.3, 0.4) is 0 Å². The molecular formula is C13H18N2OS. The van der Waals surface area contributed by atoms with E-state index in [2.05, 4.69) is 34.7 Å². The maximum absolute atomic E-state index is 5.23. The minimum Gasteiger partial charge on any atom is -0.383 e. The van der Waals surface area contributed by atoms with Crippen LogP contribution in [0.2, 0.25) is 0 Å². The van der Waals surface area contributed by atoms with Crippen LogP contribution in [0, 0.1) is 0 Å². The fraction of sp³-hybridized carbons (Fsp3) is 0.462. The van der Waals surface area contributed by atoms with Gasteiger partial charge in [0.05, 0.1) is 12.3 Å². The molecule has 1 N–H and O–H groups in total. The Morgan fingerprint density at radius 1 is 1.47 bits per heavy atom. The van der Waals surface area contributed by atoms with Gasteiger partial charge in [0.15, 0.2) is 0 Å². The molecule has 0 aromatic carbocycles. The molecule has 92 valence electrons. The summed E-state index contributed by atoms with van der Waals surface area (Å²) in [6.45, 7) is 3.78. The highest BCUT2D eigenvalue weighted by Gasteiger charge is 2.11. The summed E-state index contributed by atoms with van der Waals surface area (Å²) < 4.78 is 6.54. The first kappa shape index (κ1) is 12.5. The van der Waals surface area contributed by atoms with Gasteiger partial charge >= 0.3 is 0 Å². The molecule has 0 spiro atoms. The number of ether oxygens (including phenoxy) is 1. The number of thiophene rings is 1. The standard InChI is InChI=1S/C13H18N2OS/c1-3-14-10(9-16-2)8-12-11-5-7-17-13(11)4-6-15-12/h4-7,10,14H,3,8-9H2,1-2H3. The van der Waals surface area contributed by atoms with Gasteiger partial charge in [-0.05, 0) is 24.1 Å². The van der Waals surface area contributed by atoms with Crippen LogP contribution in [-0.4, -0.2) is 31.3 Å². The minimum absolute atomic E-state index is 0.336. The van der Waals surface area contributed by atoms with Crippen molar-refractivity contribution in [2.24, 2.45) is 0 Å². The molecule has 0 saturated heterocycles. The van der Waals surface area contributed by atoms with Crippen LogP contribution in [0.1, 0.15) is 12.6 Å². The number of nitrogens with one attached hydrogen (secondary N) is 1. The van der Waals surface area contributed by atoms with Crippen molar-refractivity contribution in [2.45, 2.75) is 19.4 Å². The topological polar surface area (TPSA) is 34.1 Å². The van der Waals surface area contributed by atoms with Crippen molar-refractivity contribution in [2.75, 3.05) is 20.3 Å². The zero-order chi connectivity index (χ0) is 12.1. The number of rotatable bonds is 6. The van der Waals surface area contributed by atoms with Gasteiger partial charge in [-0.2, -0.15) is 0 Å². The van der Waals surface area contributed by atoms with Crippen LogP contribution >= 0.6 is 11.3 Å². The summed E-state index contributed by atoms with van der Waals surface area (Å²) >= 11 is 1.76. The average molecular weight is 250 g/mol. The third kappa shape index (κ3) is 3.03. The lowest BCUT2D eigenvalue weighted by Gasteiger charge is -2.16. The molecule has 2 aromatic heterocycles. The Kier molecular flexibility index (Phi) is 4.48. The van der Waals surface area contributed by atoms with Gasteiger partial charge in [0.25, 0.3) is 0 Å². The summed E-state index contributed by atoms with van der Waals surface area (Å²) in [7, 11) is 1.74. The van der Waals surface area contributed by atoms with Gasteiger partial charge in [-0.3, -0.25) is 4.98 Å². The van der Waals surface area contributed by atoms with Gasteiger partial charge in [0.2, 0.25) is 0 Å². The molecule has 0 amide bonds. The molecule has 0 radical (unpaired) electrons. The minimum atomic E-state index is 0.336. The van der Waals surface area contributed by atoms with Crippen molar-refractivity contribution >= 4 is 21.4 Å². The Bertz CT molecular complexity index is 463. The van der Waals surface area contributed by atoms with E-state index >= 15 is 0 Å². The van der Waals surface area contributed by atoms with E-state index in [0.717, 1.165) is 25.3 Å². The molecule has 0 aliphatic heterocycles. The summed E-state index contributed by atoms with van der Waals surface area (Å²) in [6.07, 6.45) is 2.81.